The summed E-state index contributed by atoms with van der Waals surface area (Å²) >= 11 is 0. The molecule has 0 saturated heterocycles. The number of aromatic nitrogens is 2. The van der Waals surface area contributed by atoms with E-state index in [4.69, 9.17) is 0 Å². The lowest BCUT2D eigenvalue weighted by Crippen LogP contribution is -2.31. The third-order valence-electron chi connectivity index (χ3n) is 3.91. The lowest BCUT2D eigenvalue weighted by atomic mass is 9.99. The minimum Gasteiger partial charge on any atom is -0.316 e. The fraction of sp³-hybridized carbons (Fsp3) is 0.769. The van der Waals surface area contributed by atoms with Gasteiger partial charge < -0.3 is 5.32 Å². The normalized spacial score (nSPS) is 24.4. The molecular weight excluding hydrogens is 198 g/mol. The summed E-state index contributed by atoms with van der Waals surface area (Å²) in [6.45, 7) is 7.80. The van der Waals surface area contributed by atoms with Crippen LogP contribution in [-0.2, 0) is 13.0 Å². The van der Waals surface area contributed by atoms with Crippen molar-refractivity contribution in [1.82, 2.24) is 15.1 Å². The largest absolute Gasteiger partial charge is 0.316 e. The van der Waals surface area contributed by atoms with Gasteiger partial charge in [0.05, 0.1) is 6.20 Å². The molecule has 0 aromatic carbocycles. The van der Waals surface area contributed by atoms with Gasteiger partial charge in [-0.1, -0.05) is 13.8 Å². The first-order valence-corrected chi connectivity index (χ1v) is 6.25. The Morgan fingerprint density at radius 1 is 1.62 bits per heavy atom. The van der Waals surface area contributed by atoms with Crippen molar-refractivity contribution in [3.05, 3.63) is 18.0 Å². The molecule has 3 nitrogen and oxygen atoms in total. The molecule has 1 aromatic heterocycles. The smallest absolute Gasteiger partial charge is 0.0522 e. The van der Waals surface area contributed by atoms with Gasteiger partial charge in [0.1, 0.15) is 0 Å². The highest BCUT2D eigenvalue weighted by Crippen LogP contribution is 2.53. The lowest BCUT2D eigenvalue weighted by molar-refractivity contribution is 0.426. The highest BCUT2D eigenvalue weighted by atomic mass is 15.3. The molecule has 1 aliphatic rings. The van der Waals surface area contributed by atoms with Gasteiger partial charge in [-0.25, -0.2) is 0 Å². The van der Waals surface area contributed by atoms with Gasteiger partial charge in [-0.2, -0.15) is 5.10 Å². The Morgan fingerprint density at radius 3 is 2.75 bits per heavy atom. The Labute approximate surface area is 98.2 Å². The van der Waals surface area contributed by atoms with Crippen LogP contribution < -0.4 is 5.32 Å². The third-order valence-corrected chi connectivity index (χ3v) is 3.91. The van der Waals surface area contributed by atoms with Crippen molar-refractivity contribution in [2.24, 2.45) is 11.3 Å². The predicted octanol–water partition coefficient (Wildman–Crippen LogP) is 2.08. The number of aryl methyl sites for hydroxylation is 1. The number of hydrogen-bond acceptors (Lipinski definition) is 2. The van der Waals surface area contributed by atoms with Gasteiger partial charge in [0.25, 0.3) is 0 Å². The average molecular weight is 221 g/mol. The van der Waals surface area contributed by atoms with E-state index in [9.17, 15) is 0 Å². The van der Waals surface area contributed by atoms with Crippen molar-refractivity contribution in [1.29, 1.82) is 0 Å². The summed E-state index contributed by atoms with van der Waals surface area (Å²) in [7, 11) is 2.07. The molecule has 0 aliphatic heterocycles. The number of nitrogens with one attached hydrogen (secondary N) is 1. The molecule has 0 radical (unpaired) electrons. The first-order chi connectivity index (χ1) is 7.56. The molecule has 0 amide bonds. The zero-order chi connectivity index (χ0) is 11.8. The van der Waals surface area contributed by atoms with Gasteiger partial charge in [-0.3, -0.25) is 4.68 Å². The van der Waals surface area contributed by atoms with Gasteiger partial charge in [0.15, 0.2) is 0 Å². The van der Waals surface area contributed by atoms with Crippen molar-refractivity contribution >= 4 is 0 Å². The second kappa shape index (κ2) is 4.21. The highest BCUT2D eigenvalue weighted by Gasteiger charge is 2.49. The lowest BCUT2D eigenvalue weighted by Gasteiger charge is -2.17. The van der Waals surface area contributed by atoms with Crippen LogP contribution in [0.5, 0.6) is 0 Å². The standard InChI is InChI=1S/C13H23N3/c1-5-16-9-10(8-15-16)6-12(14-4)11-7-13(11,2)3/h8-9,11-12,14H,5-7H2,1-4H3. The monoisotopic (exact) mass is 221 g/mol. The van der Waals surface area contributed by atoms with E-state index >= 15 is 0 Å². The third kappa shape index (κ3) is 2.29. The van der Waals surface area contributed by atoms with Gasteiger partial charge in [-0.15, -0.1) is 0 Å². The molecule has 1 fully saturated rings. The van der Waals surface area contributed by atoms with E-state index in [1.807, 2.05) is 10.9 Å². The van der Waals surface area contributed by atoms with Crippen LogP contribution in [0.1, 0.15) is 32.8 Å². The van der Waals surface area contributed by atoms with Crippen LogP contribution in [0.4, 0.5) is 0 Å². The molecule has 1 heterocycles. The summed E-state index contributed by atoms with van der Waals surface area (Å²) in [4.78, 5) is 0. The Balaban J connectivity index is 1.97. The van der Waals surface area contributed by atoms with Gasteiger partial charge in [0, 0.05) is 18.8 Å². The van der Waals surface area contributed by atoms with E-state index in [1.165, 1.54) is 12.0 Å². The van der Waals surface area contributed by atoms with Crippen molar-refractivity contribution in [2.45, 2.75) is 46.2 Å². The zero-order valence-corrected chi connectivity index (χ0v) is 10.8. The van der Waals surface area contributed by atoms with Crippen molar-refractivity contribution in [3.63, 3.8) is 0 Å². The predicted molar refractivity (Wildman–Crippen MR) is 66.3 cm³/mol. The van der Waals surface area contributed by atoms with Gasteiger partial charge in [-0.05, 0) is 43.7 Å². The summed E-state index contributed by atoms with van der Waals surface area (Å²) in [6.07, 6.45) is 6.62. The number of rotatable bonds is 5. The van der Waals surface area contributed by atoms with E-state index < -0.39 is 0 Å². The number of likely N-dealkylation sites (N-methyl/N-ethyl adjacent to an activating group) is 1. The first-order valence-electron chi connectivity index (χ1n) is 6.25. The molecule has 0 bridgehead atoms. The second-order valence-corrected chi connectivity index (χ2v) is 5.60. The Hall–Kier alpha value is -0.830. The average Bonchev–Trinajstić information content (AvgIpc) is 2.71. The minimum atomic E-state index is 0.536. The fourth-order valence-electron chi connectivity index (χ4n) is 2.58. The van der Waals surface area contributed by atoms with Crippen molar-refractivity contribution in [3.8, 4) is 0 Å². The molecule has 16 heavy (non-hydrogen) atoms. The maximum atomic E-state index is 4.33. The van der Waals surface area contributed by atoms with Crippen LogP contribution in [0.15, 0.2) is 12.4 Å². The fourth-order valence-corrected chi connectivity index (χ4v) is 2.58. The van der Waals surface area contributed by atoms with E-state index in [0.717, 1.165) is 18.9 Å². The molecule has 1 N–H and O–H groups in total. The summed E-state index contributed by atoms with van der Waals surface area (Å²) in [6, 6.07) is 0.601. The quantitative estimate of drug-likeness (QED) is 0.825. The topological polar surface area (TPSA) is 29.9 Å². The van der Waals surface area contributed by atoms with Crippen molar-refractivity contribution in [2.75, 3.05) is 7.05 Å². The van der Waals surface area contributed by atoms with Crippen LogP contribution in [0, 0.1) is 11.3 Å². The molecule has 1 aromatic rings. The Kier molecular flexibility index (Phi) is 3.06. The summed E-state index contributed by atoms with van der Waals surface area (Å²) in [5.41, 5.74) is 1.89. The molecular formula is C13H23N3. The number of hydrogen-bond donors (Lipinski definition) is 1. The minimum absolute atomic E-state index is 0.536. The molecule has 1 saturated carbocycles. The van der Waals surface area contributed by atoms with E-state index in [-0.39, 0.29) is 0 Å². The maximum absolute atomic E-state index is 4.33. The molecule has 2 unspecified atom stereocenters. The highest BCUT2D eigenvalue weighted by molar-refractivity contribution is 5.11. The molecule has 2 atom stereocenters. The first kappa shape index (κ1) is 11.6. The van der Waals surface area contributed by atoms with E-state index in [0.29, 0.717) is 11.5 Å². The van der Waals surface area contributed by atoms with Crippen LogP contribution in [-0.4, -0.2) is 22.9 Å². The molecule has 2 rings (SSSR count). The van der Waals surface area contributed by atoms with Crippen LogP contribution in [0.25, 0.3) is 0 Å². The SMILES string of the molecule is CCn1cc(CC(NC)C2CC2(C)C)cn1. The zero-order valence-electron chi connectivity index (χ0n) is 10.8. The second-order valence-electron chi connectivity index (χ2n) is 5.60. The van der Waals surface area contributed by atoms with E-state index in [1.54, 1.807) is 0 Å². The molecule has 1 aliphatic carbocycles. The Morgan fingerprint density at radius 2 is 2.31 bits per heavy atom. The van der Waals surface area contributed by atoms with Crippen LogP contribution in [0.2, 0.25) is 0 Å². The Bertz CT molecular complexity index is 354. The molecule has 0 spiro atoms. The summed E-state index contributed by atoms with van der Waals surface area (Å²) in [5, 5.41) is 7.79. The number of nitrogens with zero attached hydrogens (tertiary/aromatic N) is 2. The summed E-state index contributed by atoms with van der Waals surface area (Å²) < 4.78 is 2.00. The van der Waals surface area contributed by atoms with E-state index in [2.05, 4.69) is 44.4 Å². The van der Waals surface area contributed by atoms with Crippen LogP contribution >= 0.6 is 0 Å². The van der Waals surface area contributed by atoms with Crippen LogP contribution in [0.3, 0.4) is 0 Å². The van der Waals surface area contributed by atoms with Crippen molar-refractivity contribution < 1.29 is 0 Å². The maximum Gasteiger partial charge on any atom is 0.0522 e. The summed E-state index contributed by atoms with van der Waals surface area (Å²) in [5.74, 6) is 0.822. The molecule has 3 heteroatoms. The molecule has 90 valence electrons. The van der Waals surface area contributed by atoms with Gasteiger partial charge in [0.2, 0.25) is 0 Å². The van der Waals surface area contributed by atoms with Gasteiger partial charge >= 0.3 is 0 Å².